The molecule has 0 radical (unpaired) electrons. The molecule has 0 spiro atoms. The summed E-state index contributed by atoms with van der Waals surface area (Å²) in [6.45, 7) is 0.653. The Balaban J connectivity index is 1.98. The average molecular weight is 385 g/mol. The molecular weight excluding hydrogens is 362 g/mol. The lowest BCUT2D eigenvalue weighted by molar-refractivity contribution is 0.354. The normalized spacial score (nSPS) is 11.6. The first kappa shape index (κ1) is 19.1. The molecule has 0 saturated heterocycles. The fourth-order valence-electron chi connectivity index (χ4n) is 2.77. The van der Waals surface area contributed by atoms with Crippen molar-refractivity contribution in [1.82, 2.24) is 10.1 Å². The van der Waals surface area contributed by atoms with Crippen LogP contribution in [-0.4, -0.2) is 30.9 Å². The van der Waals surface area contributed by atoms with Gasteiger partial charge in [-0.1, -0.05) is 23.4 Å². The lowest BCUT2D eigenvalue weighted by Gasteiger charge is -2.11. The van der Waals surface area contributed by atoms with Gasteiger partial charge in [0.25, 0.3) is 5.89 Å². The number of methoxy groups -OCH3 is 2. The van der Waals surface area contributed by atoms with E-state index in [4.69, 9.17) is 19.7 Å². The van der Waals surface area contributed by atoms with Gasteiger partial charge in [0.1, 0.15) is 0 Å². The third-order valence-electron chi connectivity index (χ3n) is 4.11. The van der Waals surface area contributed by atoms with Gasteiger partial charge >= 0.3 is 0 Å². The predicted molar refractivity (Wildman–Crippen MR) is 108 cm³/mol. The Bertz CT molecular complexity index is 888. The number of benzene rings is 1. The van der Waals surface area contributed by atoms with Crippen LogP contribution in [-0.2, 0) is 0 Å². The molecule has 3 aromatic rings. The first-order chi connectivity index (χ1) is 13.3. The van der Waals surface area contributed by atoms with E-state index >= 15 is 0 Å². The van der Waals surface area contributed by atoms with Crippen molar-refractivity contribution in [2.75, 3.05) is 20.8 Å². The van der Waals surface area contributed by atoms with Crippen LogP contribution in [0.25, 0.3) is 22.4 Å². The fraction of sp³-hybridized carbons (Fsp3) is 0.300. The molecule has 0 saturated carbocycles. The van der Waals surface area contributed by atoms with E-state index < -0.39 is 0 Å². The standard InChI is InChI=1S/C20H23N3O3S/c1-24-16-9-5-8-14(18(16)25-2)13-15(7-3-4-11-21)20-22-19(23-26-20)17-10-6-12-27-17/h5-6,8-10,12-13H,3-4,7,11,21H2,1-2H3/b15-13+. The van der Waals surface area contributed by atoms with Crippen molar-refractivity contribution in [3.63, 3.8) is 0 Å². The lowest BCUT2D eigenvalue weighted by atomic mass is 10.0. The van der Waals surface area contributed by atoms with Gasteiger partial charge in [0, 0.05) is 11.1 Å². The van der Waals surface area contributed by atoms with Crippen molar-refractivity contribution >= 4 is 23.0 Å². The lowest BCUT2D eigenvalue weighted by Crippen LogP contribution is -1.98. The van der Waals surface area contributed by atoms with Gasteiger partial charge in [0.2, 0.25) is 5.82 Å². The maximum atomic E-state index is 5.65. The summed E-state index contributed by atoms with van der Waals surface area (Å²) in [5, 5.41) is 6.12. The topological polar surface area (TPSA) is 83.4 Å². The summed E-state index contributed by atoms with van der Waals surface area (Å²) in [5.74, 6) is 2.47. The van der Waals surface area contributed by atoms with Crippen LogP contribution in [0.5, 0.6) is 11.5 Å². The van der Waals surface area contributed by atoms with Gasteiger partial charge in [-0.25, -0.2) is 0 Å². The number of unbranched alkanes of at least 4 members (excludes halogenated alkanes) is 1. The molecule has 0 aliphatic carbocycles. The predicted octanol–water partition coefficient (Wildman–Crippen LogP) is 4.48. The highest BCUT2D eigenvalue weighted by Gasteiger charge is 2.15. The minimum atomic E-state index is 0.514. The zero-order valence-corrected chi connectivity index (χ0v) is 16.3. The highest BCUT2D eigenvalue weighted by molar-refractivity contribution is 7.13. The Kier molecular flexibility index (Phi) is 6.62. The Morgan fingerprint density at radius 1 is 1.19 bits per heavy atom. The highest BCUT2D eigenvalue weighted by atomic mass is 32.1. The Labute approximate surface area is 162 Å². The first-order valence-corrected chi connectivity index (χ1v) is 9.64. The van der Waals surface area contributed by atoms with Gasteiger partial charge in [-0.15, -0.1) is 11.3 Å². The first-order valence-electron chi connectivity index (χ1n) is 8.76. The third-order valence-corrected chi connectivity index (χ3v) is 4.97. The SMILES string of the molecule is COc1cccc(/C=C(\CCCCN)c2nc(-c3cccs3)no2)c1OC. The number of para-hydroxylation sites is 1. The number of thiophene rings is 1. The van der Waals surface area contributed by atoms with Crippen LogP contribution in [0.15, 0.2) is 40.2 Å². The highest BCUT2D eigenvalue weighted by Crippen LogP contribution is 2.34. The van der Waals surface area contributed by atoms with E-state index in [0.29, 0.717) is 29.8 Å². The third kappa shape index (κ3) is 4.56. The van der Waals surface area contributed by atoms with Crippen LogP contribution in [0.1, 0.15) is 30.7 Å². The van der Waals surface area contributed by atoms with Crippen molar-refractivity contribution < 1.29 is 14.0 Å². The minimum Gasteiger partial charge on any atom is -0.493 e. The quantitative estimate of drug-likeness (QED) is 0.547. The molecule has 1 aromatic carbocycles. The number of nitrogens with zero attached hydrogens (tertiary/aromatic N) is 2. The molecule has 0 aliphatic rings. The number of nitrogens with two attached hydrogens (primary N) is 1. The van der Waals surface area contributed by atoms with Crippen LogP contribution in [0.4, 0.5) is 0 Å². The monoisotopic (exact) mass is 385 g/mol. The van der Waals surface area contributed by atoms with Gasteiger partial charge in [-0.05, 0) is 49.4 Å². The Morgan fingerprint density at radius 2 is 2.07 bits per heavy atom. The molecule has 0 amide bonds. The summed E-state index contributed by atoms with van der Waals surface area (Å²) >= 11 is 1.58. The Morgan fingerprint density at radius 3 is 2.78 bits per heavy atom. The second-order valence-corrected chi connectivity index (χ2v) is 6.85. The fourth-order valence-corrected chi connectivity index (χ4v) is 3.42. The van der Waals surface area contributed by atoms with Crippen molar-refractivity contribution in [1.29, 1.82) is 0 Å². The van der Waals surface area contributed by atoms with Crippen LogP contribution in [0, 0.1) is 0 Å². The Hall–Kier alpha value is -2.64. The van der Waals surface area contributed by atoms with Gasteiger partial charge in [0.15, 0.2) is 11.5 Å². The number of rotatable bonds is 9. The summed E-state index contributed by atoms with van der Waals surface area (Å²) in [4.78, 5) is 5.56. The number of hydrogen-bond donors (Lipinski definition) is 1. The smallest absolute Gasteiger partial charge is 0.254 e. The van der Waals surface area contributed by atoms with Gasteiger partial charge in [-0.2, -0.15) is 4.98 Å². The molecule has 0 unspecified atom stereocenters. The number of hydrogen-bond acceptors (Lipinski definition) is 7. The summed E-state index contributed by atoms with van der Waals surface area (Å²) in [7, 11) is 3.25. The van der Waals surface area contributed by atoms with Crippen molar-refractivity contribution in [2.24, 2.45) is 5.73 Å². The molecule has 2 N–H and O–H groups in total. The molecule has 2 heterocycles. The molecule has 0 atom stereocenters. The zero-order chi connectivity index (χ0) is 19.1. The molecule has 3 rings (SSSR count). The van der Waals surface area contributed by atoms with E-state index in [-0.39, 0.29) is 0 Å². The number of ether oxygens (including phenoxy) is 2. The van der Waals surface area contributed by atoms with Crippen LogP contribution in [0.2, 0.25) is 0 Å². The zero-order valence-electron chi connectivity index (χ0n) is 15.5. The number of allylic oxidation sites excluding steroid dienone is 1. The van der Waals surface area contributed by atoms with Crippen molar-refractivity contribution in [2.45, 2.75) is 19.3 Å². The molecule has 7 heteroatoms. The van der Waals surface area contributed by atoms with Crippen molar-refractivity contribution in [3.8, 4) is 22.2 Å². The largest absolute Gasteiger partial charge is 0.493 e. The van der Waals surface area contributed by atoms with Crippen LogP contribution < -0.4 is 15.2 Å². The molecule has 27 heavy (non-hydrogen) atoms. The van der Waals surface area contributed by atoms with E-state index in [2.05, 4.69) is 10.1 Å². The molecule has 0 bridgehead atoms. The van der Waals surface area contributed by atoms with Gasteiger partial charge < -0.3 is 19.7 Å². The second-order valence-electron chi connectivity index (χ2n) is 5.90. The molecule has 0 fully saturated rings. The van der Waals surface area contributed by atoms with Crippen LogP contribution >= 0.6 is 11.3 Å². The summed E-state index contributed by atoms with van der Waals surface area (Å²) in [6, 6.07) is 9.71. The summed E-state index contributed by atoms with van der Waals surface area (Å²) in [6.07, 6.45) is 4.66. The average Bonchev–Trinajstić information content (AvgIpc) is 3.38. The van der Waals surface area contributed by atoms with E-state index in [9.17, 15) is 0 Å². The molecule has 142 valence electrons. The van der Waals surface area contributed by atoms with E-state index in [1.54, 1.807) is 25.6 Å². The maximum Gasteiger partial charge on any atom is 0.254 e. The second kappa shape index (κ2) is 9.34. The summed E-state index contributed by atoms with van der Waals surface area (Å²) < 4.78 is 16.5. The minimum absolute atomic E-state index is 0.514. The van der Waals surface area contributed by atoms with Gasteiger partial charge in [0.05, 0.1) is 19.1 Å². The van der Waals surface area contributed by atoms with Crippen LogP contribution in [0.3, 0.4) is 0 Å². The molecule has 2 aromatic heterocycles. The van der Waals surface area contributed by atoms with E-state index in [1.807, 2.05) is 41.8 Å². The summed E-state index contributed by atoms with van der Waals surface area (Å²) in [5.41, 5.74) is 7.50. The number of aromatic nitrogens is 2. The maximum absolute atomic E-state index is 5.65. The van der Waals surface area contributed by atoms with E-state index in [0.717, 1.165) is 35.3 Å². The molecular formula is C20H23N3O3S. The molecule has 0 aliphatic heterocycles. The van der Waals surface area contributed by atoms with Crippen molar-refractivity contribution in [3.05, 3.63) is 47.2 Å². The van der Waals surface area contributed by atoms with Gasteiger partial charge in [-0.3, -0.25) is 0 Å². The van der Waals surface area contributed by atoms with E-state index in [1.165, 1.54) is 0 Å². The molecule has 6 nitrogen and oxygen atoms in total.